The molecule has 0 aliphatic heterocycles. The van der Waals surface area contributed by atoms with E-state index in [9.17, 15) is 19.2 Å². The fraction of sp³-hybridized carbons (Fsp3) is 0.615. The second-order valence-corrected chi connectivity index (χ2v) is 9.61. The smallest absolute Gasteiger partial charge is 0.480 e. The number of halogens is 1. The number of nitrogens with zero attached hydrogens (tertiary/aromatic N) is 12. The van der Waals surface area contributed by atoms with Crippen LogP contribution in [0.1, 0.15) is 64.8 Å². The van der Waals surface area contributed by atoms with Crippen LogP contribution in [-0.4, -0.2) is 92.2 Å². The van der Waals surface area contributed by atoms with E-state index in [1.165, 1.54) is 35.6 Å². The van der Waals surface area contributed by atoms with Crippen LogP contribution in [0, 0.1) is 18.3 Å². The van der Waals surface area contributed by atoms with Gasteiger partial charge in [-0.25, -0.2) is 9.36 Å². The number of esters is 3. The minimum atomic E-state index is -0.907. The van der Waals surface area contributed by atoms with Crippen LogP contribution in [0.3, 0.4) is 0 Å². The van der Waals surface area contributed by atoms with Gasteiger partial charge < -0.3 is 30.4 Å². The molecule has 0 saturated heterocycles. The normalized spacial score (nSPS) is 8.58. The predicted octanol–water partition coefficient (Wildman–Crippen LogP) is 1.23. The van der Waals surface area contributed by atoms with Crippen molar-refractivity contribution in [2.45, 2.75) is 66.5 Å². The summed E-state index contributed by atoms with van der Waals surface area (Å²) in [6.07, 6.45) is 8.32. The molecular weight excluding hydrogens is 711 g/mol. The second kappa shape index (κ2) is 35.7. The zero-order valence-corrected chi connectivity index (χ0v) is 32.4. The number of hydrogen-bond acceptors (Lipinski definition) is 12. The second-order valence-electron chi connectivity index (χ2n) is 9.05. The van der Waals surface area contributed by atoms with Crippen LogP contribution < -0.4 is 29.6 Å². The van der Waals surface area contributed by atoms with Crippen molar-refractivity contribution in [1.29, 1.82) is 0 Å². The van der Waals surface area contributed by atoms with E-state index in [1.54, 1.807) is 12.4 Å². The average molecular weight is 754 g/mol. The zero-order chi connectivity index (χ0) is 37.4. The molecule has 20 nitrogen and oxygen atoms in total. The van der Waals surface area contributed by atoms with Crippen LogP contribution in [-0.2, 0) is 46.5 Å². The number of rotatable bonds is 9. The first-order chi connectivity index (χ1) is 22.0. The van der Waals surface area contributed by atoms with Gasteiger partial charge in [0.1, 0.15) is 25.0 Å². The topological polar surface area (TPSA) is 285 Å². The van der Waals surface area contributed by atoms with Gasteiger partial charge in [-0.2, -0.15) is 0 Å². The quantitative estimate of drug-likeness (QED) is 0.0553. The first-order valence-corrected chi connectivity index (χ1v) is 14.4. The molecule has 2 aromatic heterocycles. The number of carboxylic acid groups (broad SMARTS) is 1. The molecule has 2 aromatic rings. The minimum absolute atomic E-state index is 0. The Hall–Kier alpha value is -4.18. The van der Waals surface area contributed by atoms with Gasteiger partial charge >= 0.3 is 53.4 Å². The summed E-state index contributed by atoms with van der Waals surface area (Å²) in [6.45, 7) is 11.7. The largest absolute Gasteiger partial charge is 1.00 e. The maximum atomic E-state index is 10.8. The van der Waals surface area contributed by atoms with Gasteiger partial charge in [0.25, 0.3) is 0 Å². The molecule has 0 fully saturated rings. The molecular formula is C26H42BrN12NaO8. The molecule has 0 amide bonds. The molecule has 2 rings (SSSR count). The Morgan fingerprint density at radius 2 is 1.25 bits per heavy atom. The molecule has 0 spiro atoms. The number of carbonyl (C=O) groups excluding carboxylic acids is 3. The number of methoxy groups -OCH3 is 3. The Labute approximate surface area is 309 Å². The van der Waals surface area contributed by atoms with E-state index in [2.05, 4.69) is 66.7 Å². The van der Waals surface area contributed by atoms with E-state index in [0.29, 0.717) is 11.8 Å². The van der Waals surface area contributed by atoms with Crippen molar-refractivity contribution in [3.05, 3.63) is 50.2 Å². The standard InChI is InChI=1S/C8H13N3O2.C7H11N3O2.C5H8.C3H5BrO2.C3H5N3O2.N3.Na/c1-6(2)7-4-11(10-9-7)5-8(12)13-3;1-5(2)6-3-10(9-8-6)4-7(11)12;1-4-5(2)3;1-6-3(5)2-4;1-8-3(7)2-5-6-4;1-3-2;/h4,6H,5H2,1-3H3;3,5H,4H2,1-2H3,(H,11,12);1,5H,2-3H3;2H2,1H3;2H2,1H3;;/q;;;;;-1;+1. The van der Waals surface area contributed by atoms with Gasteiger partial charge in [0, 0.05) is 23.2 Å². The fourth-order valence-electron chi connectivity index (χ4n) is 1.85. The Balaban J connectivity index is -0.000000163. The maximum absolute atomic E-state index is 10.8. The molecule has 0 atom stereocenters. The van der Waals surface area contributed by atoms with E-state index in [1.807, 2.05) is 41.5 Å². The fourth-order valence-corrected chi connectivity index (χ4v) is 2.08. The Morgan fingerprint density at radius 1 is 0.875 bits per heavy atom. The predicted molar refractivity (Wildman–Crippen MR) is 173 cm³/mol. The SMILES string of the molecule is C#CC(C)C.CC(C)c1cn(CC(=O)O)nn1.COC(=O)CBr.COC(=O)CN=[N+]=[N-].COC(=O)Cn1cc(C(C)C)nn1.[N-]=[N+]=[N-].[Na+]. The van der Waals surface area contributed by atoms with Gasteiger partial charge in [0.2, 0.25) is 0 Å². The molecule has 0 radical (unpaired) electrons. The minimum Gasteiger partial charge on any atom is -0.480 e. The third kappa shape index (κ3) is 36.3. The number of carboxylic acids is 1. The number of terminal acetylenes is 1. The zero-order valence-electron chi connectivity index (χ0n) is 28.8. The van der Waals surface area contributed by atoms with Gasteiger partial charge in [-0.1, -0.05) is 73.0 Å². The summed E-state index contributed by atoms with van der Waals surface area (Å²) in [6, 6.07) is 0. The number of alkyl halides is 1. The summed E-state index contributed by atoms with van der Waals surface area (Å²) in [7, 11) is 3.93. The van der Waals surface area contributed by atoms with Crippen LogP contribution in [0.25, 0.3) is 26.4 Å². The summed E-state index contributed by atoms with van der Waals surface area (Å²) < 4.78 is 15.6. The Kier molecular flexibility index (Phi) is 39.6. The molecule has 262 valence electrons. The molecule has 0 saturated carbocycles. The van der Waals surface area contributed by atoms with E-state index >= 15 is 0 Å². The first-order valence-electron chi connectivity index (χ1n) is 13.3. The van der Waals surface area contributed by atoms with Crippen molar-refractivity contribution in [3.63, 3.8) is 0 Å². The van der Waals surface area contributed by atoms with Gasteiger partial charge in [0.15, 0.2) is 0 Å². The number of carbonyl (C=O) groups is 4. The Morgan fingerprint density at radius 3 is 1.48 bits per heavy atom. The van der Waals surface area contributed by atoms with Gasteiger partial charge in [-0.15, -0.1) is 22.5 Å². The van der Waals surface area contributed by atoms with Gasteiger partial charge in [0.05, 0.1) is 32.7 Å². The summed E-state index contributed by atoms with van der Waals surface area (Å²) in [4.78, 5) is 45.0. The van der Waals surface area contributed by atoms with Crippen molar-refractivity contribution >= 4 is 39.8 Å². The molecule has 1 N–H and O–H groups in total. The molecule has 0 aromatic carbocycles. The molecule has 0 aliphatic rings. The van der Waals surface area contributed by atoms with Crippen molar-refractivity contribution in [2.75, 3.05) is 33.2 Å². The molecule has 0 bridgehead atoms. The van der Waals surface area contributed by atoms with E-state index in [-0.39, 0.29) is 72.4 Å². The number of azide groups is 1. The van der Waals surface area contributed by atoms with Crippen LogP contribution in [0.4, 0.5) is 0 Å². The molecule has 0 unspecified atom stereocenters. The average Bonchev–Trinajstić information content (AvgIpc) is 3.71. The van der Waals surface area contributed by atoms with Crippen LogP contribution >= 0.6 is 15.9 Å². The van der Waals surface area contributed by atoms with Gasteiger partial charge in [-0.05, 0) is 17.4 Å². The van der Waals surface area contributed by atoms with E-state index < -0.39 is 11.9 Å². The van der Waals surface area contributed by atoms with Crippen LogP contribution in [0.15, 0.2) is 17.5 Å². The first kappa shape index (κ1) is 53.3. The van der Waals surface area contributed by atoms with Crippen molar-refractivity contribution in [3.8, 4) is 12.3 Å². The van der Waals surface area contributed by atoms with E-state index in [4.69, 9.17) is 28.1 Å². The monoisotopic (exact) mass is 752 g/mol. The van der Waals surface area contributed by atoms with Crippen LogP contribution in [0.2, 0.25) is 0 Å². The number of ether oxygens (including phenoxy) is 3. The Bertz CT molecular complexity index is 1290. The van der Waals surface area contributed by atoms with Crippen LogP contribution in [0.5, 0.6) is 0 Å². The van der Waals surface area contributed by atoms with Crippen molar-refractivity contribution in [1.82, 2.24) is 30.0 Å². The maximum Gasteiger partial charge on any atom is 1.00 e. The van der Waals surface area contributed by atoms with Crippen molar-refractivity contribution in [2.24, 2.45) is 11.0 Å². The third-order valence-electron chi connectivity index (χ3n) is 4.27. The van der Waals surface area contributed by atoms with Crippen molar-refractivity contribution < 1.29 is 68.1 Å². The number of aromatic nitrogens is 6. The summed E-state index contributed by atoms with van der Waals surface area (Å²) >= 11 is 2.90. The number of hydrogen-bond donors (Lipinski definition) is 1. The summed E-state index contributed by atoms with van der Waals surface area (Å²) in [5.74, 6) is 1.56. The molecule has 0 aliphatic carbocycles. The third-order valence-corrected chi connectivity index (χ3v) is 4.73. The number of aliphatic carboxylic acids is 1. The van der Waals surface area contributed by atoms with Gasteiger partial charge in [-0.3, -0.25) is 24.1 Å². The van der Waals surface area contributed by atoms with E-state index in [0.717, 1.165) is 11.4 Å². The summed E-state index contributed by atoms with van der Waals surface area (Å²) in [5, 5.41) is 26.8. The molecule has 22 heteroatoms. The summed E-state index contributed by atoms with van der Waals surface area (Å²) in [5.41, 5.74) is 22.9. The molecule has 2 heterocycles. The molecule has 48 heavy (non-hydrogen) atoms.